The second-order valence-electron chi connectivity index (χ2n) is 9.59. The summed E-state index contributed by atoms with van der Waals surface area (Å²) in [5.74, 6) is 1.48. The number of ether oxygens (including phenoxy) is 1. The lowest BCUT2D eigenvalue weighted by Crippen LogP contribution is -2.11. The summed E-state index contributed by atoms with van der Waals surface area (Å²) >= 11 is 0. The van der Waals surface area contributed by atoms with Crippen LogP contribution in [0.15, 0.2) is 133 Å². The fourth-order valence-corrected chi connectivity index (χ4v) is 5.51. The molecular formula is C36H25NO. The molecule has 0 bridgehead atoms. The van der Waals surface area contributed by atoms with E-state index in [1.54, 1.807) is 0 Å². The Kier molecular flexibility index (Phi) is 5.37. The Morgan fingerprint density at radius 3 is 1.63 bits per heavy atom. The van der Waals surface area contributed by atoms with Crippen LogP contribution in [-0.2, 0) is 0 Å². The van der Waals surface area contributed by atoms with Gasteiger partial charge in [0.25, 0.3) is 0 Å². The van der Waals surface area contributed by atoms with Gasteiger partial charge in [-0.05, 0) is 29.0 Å². The molecule has 0 saturated carbocycles. The standard InChI is InChI=1S/C36H25NO/c1-24-22-23-29-31(25-14-6-2-7-15-25)34(27-18-10-4-11-19-27)37-36-33(29)30(24)32(26-16-8-3-9-17-26)35(38-36)28-20-12-5-13-21-28/h2-23H,1H3. The molecular weight excluding hydrogens is 462 g/mol. The topological polar surface area (TPSA) is 22.1 Å². The first kappa shape index (κ1) is 22.3. The van der Waals surface area contributed by atoms with E-state index in [0.29, 0.717) is 5.88 Å². The van der Waals surface area contributed by atoms with Crippen LogP contribution in [0.25, 0.3) is 44.5 Å². The van der Waals surface area contributed by atoms with Crippen LogP contribution < -0.4 is 4.74 Å². The van der Waals surface area contributed by atoms with Crippen LogP contribution in [0, 0.1) is 6.92 Å². The highest BCUT2D eigenvalue weighted by Crippen LogP contribution is 2.49. The molecule has 6 aromatic rings. The van der Waals surface area contributed by atoms with Gasteiger partial charge in [0.2, 0.25) is 5.88 Å². The normalized spacial score (nSPS) is 12.4. The molecule has 0 atom stereocenters. The van der Waals surface area contributed by atoms with Gasteiger partial charge in [-0.15, -0.1) is 0 Å². The van der Waals surface area contributed by atoms with Crippen LogP contribution in [0.1, 0.15) is 22.3 Å². The largest absolute Gasteiger partial charge is 0.437 e. The van der Waals surface area contributed by atoms with Crippen LogP contribution in [0.2, 0.25) is 0 Å². The Balaban J connectivity index is 1.63. The lowest BCUT2D eigenvalue weighted by Gasteiger charge is -2.27. The first-order chi connectivity index (χ1) is 18.8. The molecule has 0 saturated heterocycles. The highest BCUT2D eigenvalue weighted by atomic mass is 16.5. The molecule has 1 aromatic heterocycles. The van der Waals surface area contributed by atoms with Crippen molar-refractivity contribution in [2.75, 3.05) is 0 Å². The average molecular weight is 488 g/mol. The molecule has 180 valence electrons. The molecule has 0 aliphatic carbocycles. The van der Waals surface area contributed by atoms with Gasteiger partial charge in [0.05, 0.1) is 11.1 Å². The first-order valence-electron chi connectivity index (χ1n) is 12.9. The van der Waals surface area contributed by atoms with Gasteiger partial charge in [0.1, 0.15) is 5.76 Å². The Bertz CT molecular complexity index is 1810. The monoisotopic (exact) mass is 487 g/mol. The maximum atomic E-state index is 6.83. The van der Waals surface area contributed by atoms with Gasteiger partial charge in [-0.1, -0.05) is 133 Å². The van der Waals surface area contributed by atoms with E-state index in [9.17, 15) is 0 Å². The average Bonchev–Trinajstić information content (AvgIpc) is 3.00. The van der Waals surface area contributed by atoms with Crippen molar-refractivity contribution >= 4 is 22.1 Å². The SMILES string of the molecule is Cc1ccc2c(-c3ccccc3)c(-c3ccccc3)nc3c2c1C(c1ccccc1)=C(c1ccccc1)O3. The third-order valence-corrected chi connectivity index (χ3v) is 7.23. The number of aromatic nitrogens is 1. The minimum absolute atomic E-state index is 0.649. The van der Waals surface area contributed by atoms with Crippen LogP contribution in [0.4, 0.5) is 0 Å². The molecule has 0 unspecified atom stereocenters. The lowest BCUT2D eigenvalue weighted by molar-refractivity contribution is 0.499. The van der Waals surface area contributed by atoms with Crippen LogP contribution in [-0.4, -0.2) is 4.98 Å². The van der Waals surface area contributed by atoms with E-state index in [4.69, 9.17) is 9.72 Å². The van der Waals surface area contributed by atoms with Crippen LogP contribution in [0.5, 0.6) is 5.88 Å². The molecule has 38 heavy (non-hydrogen) atoms. The molecule has 7 rings (SSSR count). The summed E-state index contributed by atoms with van der Waals surface area (Å²) in [5.41, 5.74) is 9.88. The quantitative estimate of drug-likeness (QED) is 0.247. The van der Waals surface area contributed by atoms with Crippen molar-refractivity contribution < 1.29 is 4.74 Å². The summed E-state index contributed by atoms with van der Waals surface area (Å²) in [7, 11) is 0. The number of pyridine rings is 1. The molecule has 2 heteroatoms. The van der Waals surface area contributed by atoms with Crippen molar-refractivity contribution in [2.24, 2.45) is 0 Å². The third kappa shape index (κ3) is 3.62. The van der Waals surface area contributed by atoms with Crippen molar-refractivity contribution in [2.45, 2.75) is 6.92 Å². The van der Waals surface area contributed by atoms with E-state index >= 15 is 0 Å². The third-order valence-electron chi connectivity index (χ3n) is 7.23. The maximum Gasteiger partial charge on any atom is 0.228 e. The Hall–Kier alpha value is -4.95. The molecule has 0 fully saturated rings. The molecule has 2 nitrogen and oxygen atoms in total. The molecule has 0 spiro atoms. The van der Waals surface area contributed by atoms with Gasteiger partial charge in [0, 0.05) is 27.8 Å². The number of hydrogen-bond acceptors (Lipinski definition) is 2. The fraction of sp³-hybridized carbons (Fsp3) is 0.0278. The zero-order chi connectivity index (χ0) is 25.5. The van der Waals surface area contributed by atoms with Crippen molar-refractivity contribution in [1.82, 2.24) is 4.98 Å². The molecule has 0 N–H and O–H groups in total. The number of benzene rings is 5. The predicted octanol–water partition coefficient (Wildman–Crippen LogP) is 9.19. The molecule has 1 aliphatic heterocycles. The van der Waals surface area contributed by atoms with E-state index in [0.717, 1.165) is 55.6 Å². The fourth-order valence-electron chi connectivity index (χ4n) is 5.51. The van der Waals surface area contributed by atoms with E-state index in [2.05, 4.69) is 128 Å². The highest BCUT2D eigenvalue weighted by molar-refractivity contribution is 6.15. The molecule has 1 aliphatic rings. The zero-order valence-corrected chi connectivity index (χ0v) is 21.1. The van der Waals surface area contributed by atoms with Crippen LogP contribution >= 0.6 is 0 Å². The molecule has 0 radical (unpaired) electrons. The minimum atomic E-state index is 0.649. The number of rotatable bonds is 4. The van der Waals surface area contributed by atoms with E-state index in [-0.39, 0.29) is 0 Å². The van der Waals surface area contributed by atoms with Crippen molar-refractivity contribution in [3.63, 3.8) is 0 Å². The highest BCUT2D eigenvalue weighted by Gasteiger charge is 2.30. The summed E-state index contributed by atoms with van der Waals surface area (Å²) in [4.78, 5) is 5.27. The first-order valence-corrected chi connectivity index (χ1v) is 12.9. The maximum absolute atomic E-state index is 6.83. The Morgan fingerprint density at radius 1 is 0.500 bits per heavy atom. The van der Waals surface area contributed by atoms with Gasteiger partial charge >= 0.3 is 0 Å². The molecule has 5 aromatic carbocycles. The van der Waals surface area contributed by atoms with Crippen molar-refractivity contribution in [3.8, 4) is 28.3 Å². The van der Waals surface area contributed by atoms with E-state index in [1.807, 2.05) is 12.1 Å². The molecule has 0 amide bonds. The Morgan fingerprint density at radius 2 is 1.03 bits per heavy atom. The van der Waals surface area contributed by atoms with Crippen LogP contribution in [0.3, 0.4) is 0 Å². The smallest absolute Gasteiger partial charge is 0.228 e. The summed E-state index contributed by atoms with van der Waals surface area (Å²) < 4.78 is 6.83. The summed E-state index contributed by atoms with van der Waals surface area (Å²) in [5, 5.41) is 2.20. The number of hydrogen-bond donors (Lipinski definition) is 0. The van der Waals surface area contributed by atoms with Gasteiger partial charge in [-0.25, -0.2) is 4.98 Å². The minimum Gasteiger partial charge on any atom is -0.437 e. The second kappa shape index (κ2) is 9.17. The summed E-state index contributed by atoms with van der Waals surface area (Å²) in [6.45, 7) is 2.18. The zero-order valence-electron chi connectivity index (χ0n) is 21.1. The number of nitrogens with zero attached hydrogens (tertiary/aromatic N) is 1. The van der Waals surface area contributed by atoms with Gasteiger partial charge in [-0.2, -0.15) is 0 Å². The van der Waals surface area contributed by atoms with Gasteiger partial charge in [-0.3, -0.25) is 0 Å². The summed E-state index contributed by atoms with van der Waals surface area (Å²) in [6.07, 6.45) is 0. The van der Waals surface area contributed by atoms with E-state index in [1.165, 1.54) is 11.1 Å². The van der Waals surface area contributed by atoms with Gasteiger partial charge < -0.3 is 4.74 Å². The van der Waals surface area contributed by atoms with Gasteiger partial charge in [0.15, 0.2) is 0 Å². The summed E-state index contributed by atoms with van der Waals surface area (Å²) in [6, 6.07) is 46.3. The van der Waals surface area contributed by atoms with Crippen molar-refractivity contribution in [3.05, 3.63) is 156 Å². The Labute approximate surface area is 222 Å². The van der Waals surface area contributed by atoms with Crippen molar-refractivity contribution in [1.29, 1.82) is 0 Å². The second-order valence-corrected chi connectivity index (χ2v) is 9.59. The number of aryl methyl sites for hydroxylation is 1. The lowest BCUT2D eigenvalue weighted by atomic mass is 9.84. The molecule has 2 heterocycles. The predicted molar refractivity (Wildman–Crippen MR) is 157 cm³/mol. The van der Waals surface area contributed by atoms with E-state index < -0.39 is 0 Å².